The number of esters is 1. The molecule has 1 aromatic heterocycles. The standard InChI is InChI=1S/C16H18O4.C11H15NO2/c1-9(2)5-6-11-14(19-4)8-13(18)15-12(17)7-10(3)20-16(11)15;1-2-3-8-14-11(13)9-4-6-10(12)7-5-9/h5,7-8,18H,6H2,1-4H3;4-7H,2-3,8,12H2,1H3. The third-order valence-corrected chi connectivity index (χ3v) is 4.98. The maximum atomic E-state index is 12.0. The number of aromatic hydroxyl groups is 1. The predicted octanol–water partition coefficient (Wildman–Crippen LogP) is 5.55. The molecule has 0 unspecified atom stereocenters. The van der Waals surface area contributed by atoms with Crippen molar-refractivity contribution < 1.29 is 23.8 Å². The van der Waals surface area contributed by atoms with Gasteiger partial charge in [0.1, 0.15) is 28.2 Å². The fourth-order valence-corrected chi connectivity index (χ4v) is 3.15. The Morgan fingerprint density at radius 2 is 1.85 bits per heavy atom. The van der Waals surface area contributed by atoms with Gasteiger partial charge in [-0.25, -0.2) is 4.79 Å². The van der Waals surface area contributed by atoms with Crippen LogP contribution in [0.1, 0.15) is 55.3 Å². The van der Waals surface area contributed by atoms with Gasteiger partial charge >= 0.3 is 5.97 Å². The third-order valence-electron chi connectivity index (χ3n) is 4.98. The lowest BCUT2D eigenvalue weighted by Crippen LogP contribution is -2.06. The highest BCUT2D eigenvalue weighted by molar-refractivity contribution is 5.90. The number of nitrogens with two attached hydrogens (primary N) is 1. The minimum absolute atomic E-state index is 0.119. The summed E-state index contributed by atoms with van der Waals surface area (Å²) in [6.45, 7) is 8.24. The lowest BCUT2D eigenvalue weighted by molar-refractivity contribution is 0.0500. The second-order valence-corrected chi connectivity index (χ2v) is 8.10. The summed E-state index contributed by atoms with van der Waals surface area (Å²) < 4.78 is 16.0. The Morgan fingerprint density at radius 3 is 2.44 bits per heavy atom. The number of ether oxygens (including phenoxy) is 2. The zero-order valence-electron chi connectivity index (χ0n) is 20.4. The Labute approximate surface area is 199 Å². The number of carbonyl (C=O) groups excluding carboxylic acids is 1. The fourth-order valence-electron chi connectivity index (χ4n) is 3.15. The van der Waals surface area contributed by atoms with E-state index in [1.807, 2.05) is 19.9 Å². The highest BCUT2D eigenvalue weighted by Crippen LogP contribution is 2.34. The molecule has 3 aromatic rings. The molecule has 34 heavy (non-hydrogen) atoms. The molecule has 7 heteroatoms. The number of methoxy groups -OCH3 is 1. The van der Waals surface area contributed by atoms with E-state index in [2.05, 4.69) is 6.92 Å². The number of fused-ring (bicyclic) bond motifs is 1. The van der Waals surface area contributed by atoms with Crippen LogP contribution in [-0.4, -0.2) is 24.8 Å². The van der Waals surface area contributed by atoms with E-state index in [1.165, 1.54) is 19.2 Å². The van der Waals surface area contributed by atoms with Crippen LogP contribution >= 0.6 is 0 Å². The number of rotatable bonds is 7. The number of hydrogen-bond acceptors (Lipinski definition) is 7. The maximum Gasteiger partial charge on any atom is 0.338 e. The summed E-state index contributed by atoms with van der Waals surface area (Å²) >= 11 is 0. The molecule has 0 fully saturated rings. The Hall–Kier alpha value is -3.74. The smallest absolute Gasteiger partial charge is 0.338 e. The molecule has 0 saturated heterocycles. The Morgan fingerprint density at radius 1 is 1.18 bits per heavy atom. The molecule has 7 nitrogen and oxygen atoms in total. The third kappa shape index (κ3) is 7.13. The van der Waals surface area contributed by atoms with Crippen LogP contribution in [0.4, 0.5) is 5.69 Å². The SMILES string of the molecule is CCCCOC(=O)c1ccc(N)cc1.COc1cc(O)c2c(=O)cc(C)oc2c1CC=C(C)C. The lowest BCUT2D eigenvalue weighted by Gasteiger charge is -2.11. The first kappa shape index (κ1) is 26.5. The molecular weight excluding hydrogens is 434 g/mol. The summed E-state index contributed by atoms with van der Waals surface area (Å²) in [5.74, 6) is 0.625. The van der Waals surface area contributed by atoms with Crippen LogP contribution in [0, 0.1) is 6.92 Å². The van der Waals surface area contributed by atoms with Gasteiger partial charge in [-0.15, -0.1) is 0 Å². The fraction of sp³-hybridized carbons (Fsp3) is 0.333. The van der Waals surface area contributed by atoms with Gasteiger partial charge in [-0.05, 0) is 57.9 Å². The number of unbranched alkanes of at least 4 members (excludes halogenated alkanes) is 1. The molecule has 0 saturated carbocycles. The number of phenolic OH excluding ortho intramolecular Hbond substituents is 1. The lowest BCUT2D eigenvalue weighted by atomic mass is 10.0. The van der Waals surface area contributed by atoms with Crippen LogP contribution in [0.25, 0.3) is 11.0 Å². The van der Waals surface area contributed by atoms with Gasteiger partial charge in [0.05, 0.1) is 19.3 Å². The summed E-state index contributed by atoms with van der Waals surface area (Å²) in [6, 6.07) is 9.56. The zero-order chi connectivity index (χ0) is 25.3. The maximum absolute atomic E-state index is 12.0. The molecule has 0 aliphatic heterocycles. The molecule has 3 N–H and O–H groups in total. The Kier molecular flexibility index (Phi) is 9.74. The second kappa shape index (κ2) is 12.5. The van der Waals surface area contributed by atoms with Crippen LogP contribution in [0.15, 0.2) is 57.3 Å². The minimum Gasteiger partial charge on any atom is -0.507 e. The van der Waals surface area contributed by atoms with Crippen molar-refractivity contribution in [3.8, 4) is 11.5 Å². The van der Waals surface area contributed by atoms with Crippen molar-refractivity contribution in [3.05, 3.63) is 75.2 Å². The van der Waals surface area contributed by atoms with Crippen molar-refractivity contribution in [2.75, 3.05) is 19.5 Å². The van der Waals surface area contributed by atoms with E-state index >= 15 is 0 Å². The molecule has 0 aliphatic carbocycles. The van der Waals surface area contributed by atoms with Crippen LogP contribution in [0.5, 0.6) is 11.5 Å². The van der Waals surface area contributed by atoms with E-state index in [-0.39, 0.29) is 22.5 Å². The van der Waals surface area contributed by atoms with Crippen molar-refractivity contribution in [2.24, 2.45) is 0 Å². The summed E-state index contributed by atoms with van der Waals surface area (Å²) in [6.07, 6.45) is 4.53. The molecule has 2 aromatic carbocycles. The molecular formula is C27H33NO6. The molecule has 182 valence electrons. The van der Waals surface area contributed by atoms with Crippen molar-refractivity contribution in [1.82, 2.24) is 0 Å². The minimum atomic E-state index is -0.279. The van der Waals surface area contributed by atoms with Crippen LogP contribution < -0.4 is 15.9 Å². The van der Waals surface area contributed by atoms with Gasteiger partial charge in [0.15, 0.2) is 5.43 Å². The molecule has 1 heterocycles. The van der Waals surface area contributed by atoms with E-state index in [1.54, 1.807) is 31.2 Å². The van der Waals surface area contributed by atoms with Crippen molar-refractivity contribution in [3.63, 3.8) is 0 Å². The topological polar surface area (TPSA) is 112 Å². The molecule has 0 bridgehead atoms. The number of carbonyl (C=O) groups is 1. The predicted molar refractivity (Wildman–Crippen MR) is 135 cm³/mol. The first-order valence-electron chi connectivity index (χ1n) is 11.2. The van der Waals surface area contributed by atoms with Gasteiger partial charge in [-0.3, -0.25) is 4.79 Å². The normalized spacial score (nSPS) is 10.3. The van der Waals surface area contributed by atoms with Gasteiger partial charge in [0.25, 0.3) is 0 Å². The van der Waals surface area contributed by atoms with Gasteiger partial charge < -0.3 is 24.7 Å². The number of allylic oxidation sites excluding steroid dienone is 2. The monoisotopic (exact) mass is 467 g/mol. The van der Waals surface area contributed by atoms with Gasteiger partial charge in [-0.1, -0.05) is 25.0 Å². The second-order valence-electron chi connectivity index (χ2n) is 8.10. The van der Waals surface area contributed by atoms with E-state index < -0.39 is 0 Å². The van der Waals surface area contributed by atoms with Gasteiger partial charge in [0.2, 0.25) is 0 Å². The molecule has 0 radical (unpaired) electrons. The number of nitrogen functional groups attached to an aromatic ring is 1. The number of hydrogen-bond donors (Lipinski definition) is 2. The number of aryl methyl sites for hydroxylation is 1. The van der Waals surface area contributed by atoms with Crippen LogP contribution in [0.2, 0.25) is 0 Å². The first-order chi connectivity index (χ1) is 16.2. The van der Waals surface area contributed by atoms with Crippen LogP contribution in [-0.2, 0) is 11.2 Å². The number of anilines is 1. The molecule has 0 amide bonds. The van der Waals surface area contributed by atoms with Crippen LogP contribution in [0.3, 0.4) is 0 Å². The van der Waals surface area contributed by atoms with E-state index in [0.717, 1.165) is 24.0 Å². The molecule has 0 atom stereocenters. The number of benzene rings is 2. The van der Waals surface area contributed by atoms with Crippen molar-refractivity contribution in [1.29, 1.82) is 0 Å². The van der Waals surface area contributed by atoms with Gasteiger partial charge in [-0.2, -0.15) is 0 Å². The van der Waals surface area contributed by atoms with E-state index in [9.17, 15) is 14.7 Å². The summed E-state index contributed by atoms with van der Waals surface area (Å²) in [5.41, 5.74) is 8.76. The number of phenols is 1. The van der Waals surface area contributed by atoms with Crippen molar-refractivity contribution in [2.45, 2.75) is 47.0 Å². The molecule has 0 aliphatic rings. The summed E-state index contributed by atoms with van der Waals surface area (Å²) in [4.78, 5) is 23.4. The quantitative estimate of drug-likeness (QED) is 0.203. The largest absolute Gasteiger partial charge is 0.507 e. The highest BCUT2D eigenvalue weighted by atomic mass is 16.5. The summed E-state index contributed by atoms with van der Waals surface area (Å²) in [7, 11) is 1.53. The average Bonchev–Trinajstić information content (AvgIpc) is 2.78. The highest BCUT2D eigenvalue weighted by Gasteiger charge is 2.17. The van der Waals surface area contributed by atoms with E-state index in [0.29, 0.717) is 41.4 Å². The van der Waals surface area contributed by atoms with Gasteiger partial charge in [0, 0.05) is 23.4 Å². The van der Waals surface area contributed by atoms with E-state index in [4.69, 9.17) is 19.6 Å². The average molecular weight is 468 g/mol. The Balaban J connectivity index is 0.000000257. The zero-order valence-corrected chi connectivity index (χ0v) is 20.4. The first-order valence-corrected chi connectivity index (χ1v) is 11.2. The Bertz CT molecular complexity index is 1200. The molecule has 0 spiro atoms. The molecule has 3 rings (SSSR count). The van der Waals surface area contributed by atoms with Crippen molar-refractivity contribution >= 4 is 22.6 Å². The summed E-state index contributed by atoms with van der Waals surface area (Å²) in [5, 5.41) is 10.2.